The van der Waals surface area contributed by atoms with Crippen molar-refractivity contribution in [1.82, 2.24) is 0 Å². The molecule has 1 aliphatic rings. The minimum Gasteiger partial charge on any atom is -0.369 e. The summed E-state index contributed by atoms with van der Waals surface area (Å²) in [4.78, 5) is 2.50. The van der Waals surface area contributed by atoms with Gasteiger partial charge in [0, 0.05) is 29.8 Å². The minimum absolute atomic E-state index is 0.511. The fourth-order valence-corrected chi connectivity index (χ4v) is 2.37. The molecule has 0 saturated heterocycles. The Hall–Kier alpha value is -0.730. The molecule has 94 valence electrons. The maximum atomic E-state index is 6.23. The monoisotopic (exact) mass is 252 g/mol. The van der Waals surface area contributed by atoms with Crippen LogP contribution >= 0.6 is 11.6 Å². The fourth-order valence-electron chi connectivity index (χ4n) is 2.12. The number of unbranched alkanes of at least 4 members (excludes halogenated alkanes) is 1. The topological polar surface area (TPSA) is 29.3 Å². The molecule has 0 bridgehead atoms. The summed E-state index contributed by atoms with van der Waals surface area (Å²) < 4.78 is 0. The molecule has 1 aliphatic carbocycles. The highest BCUT2D eigenvalue weighted by Gasteiger charge is 2.28. The second-order valence-corrected chi connectivity index (χ2v) is 5.17. The average molecular weight is 253 g/mol. The SMILES string of the molecule is CCCCN(c1ccc(CN)c(Cl)c1)C1CC1. The van der Waals surface area contributed by atoms with Gasteiger partial charge in [0.25, 0.3) is 0 Å². The lowest BCUT2D eigenvalue weighted by Crippen LogP contribution is -2.26. The predicted molar refractivity (Wildman–Crippen MR) is 74.6 cm³/mol. The molecular formula is C14H21ClN2. The van der Waals surface area contributed by atoms with E-state index in [1.54, 1.807) is 0 Å². The van der Waals surface area contributed by atoms with Gasteiger partial charge in [0.05, 0.1) is 0 Å². The van der Waals surface area contributed by atoms with Crippen LogP contribution in [0.1, 0.15) is 38.2 Å². The van der Waals surface area contributed by atoms with E-state index < -0.39 is 0 Å². The van der Waals surface area contributed by atoms with Crippen molar-refractivity contribution in [3.8, 4) is 0 Å². The maximum Gasteiger partial charge on any atom is 0.0471 e. The number of benzene rings is 1. The molecule has 1 saturated carbocycles. The summed E-state index contributed by atoms with van der Waals surface area (Å²) in [6.07, 6.45) is 5.12. The van der Waals surface area contributed by atoms with Crippen LogP contribution < -0.4 is 10.6 Å². The van der Waals surface area contributed by atoms with Crippen LogP contribution in [-0.2, 0) is 6.54 Å². The van der Waals surface area contributed by atoms with Crippen LogP contribution in [0.15, 0.2) is 18.2 Å². The first-order chi connectivity index (χ1) is 8.26. The van der Waals surface area contributed by atoms with E-state index in [4.69, 9.17) is 17.3 Å². The molecule has 2 rings (SSSR count). The van der Waals surface area contributed by atoms with E-state index in [0.29, 0.717) is 6.54 Å². The molecule has 2 N–H and O–H groups in total. The molecule has 0 heterocycles. The first-order valence-electron chi connectivity index (χ1n) is 6.51. The second-order valence-electron chi connectivity index (χ2n) is 4.76. The van der Waals surface area contributed by atoms with Gasteiger partial charge in [0.2, 0.25) is 0 Å². The van der Waals surface area contributed by atoms with Gasteiger partial charge in [-0.05, 0) is 37.0 Å². The number of anilines is 1. The summed E-state index contributed by atoms with van der Waals surface area (Å²) >= 11 is 6.23. The average Bonchev–Trinajstić information content (AvgIpc) is 3.14. The number of hydrogen-bond donors (Lipinski definition) is 1. The van der Waals surface area contributed by atoms with Crippen LogP contribution in [0, 0.1) is 0 Å². The van der Waals surface area contributed by atoms with Crippen molar-refractivity contribution in [2.75, 3.05) is 11.4 Å². The lowest BCUT2D eigenvalue weighted by atomic mass is 10.2. The van der Waals surface area contributed by atoms with E-state index >= 15 is 0 Å². The van der Waals surface area contributed by atoms with Crippen LogP contribution in [0.4, 0.5) is 5.69 Å². The largest absolute Gasteiger partial charge is 0.369 e. The van der Waals surface area contributed by atoms with Gasteiger partial charge < -0.3 is 10.6 Å². The molecule has 0 radical (unpaired) electrons. The first-order valence-corrected chi connectivity index (χ1v) is 6.89. The lowest BCUT2D eigenvalue weighted by molar-refractivity contribution is 0.713. The Morgan fingerprint density at radius 1 is 1.41 bits per heavy atom. The molecule has 1 aromatic rings. The molecule has 0 amide bonds. The van der Waals surface area contributed by atoms with Gasteiger partial charge in [-0.2, -0.15) is 0 Å². The molecule has 3 heteroatoms. The third-order valence-electron chi connectivity index (χ3n) is 3.33. The molecule has 0 aliphatic heterocycles. The molecule has 1 fully saturated rings. The summed E-state index contributed by atoms with van der Waals surface area (Å²) in [5.41, 5.74) is 7.91. The molecule has 0 aromatic heterocycles. The third kappa shape index (κ3) is 3.14. The van der Waals surface area contributed by atoms with Gasteiger partial charge in [0.1, 0.15) is 0 Å². The van der Waals surface area contributed by atoms with Crippen molar-refractivity contribution in [3.63, 3.8) is 0 Å². The zero-order valence-corrected chi connectivity index (χ0v) is 11.2. The lowest BCUT2D eigenvalue weighted by Gasteiger charge is -2.25. The predicted octanol–water partition coefficient (Wildman–Crippen LogP) is 3.57. The van der Waals surface area contributed by atoms with Crippen LogP contribution in [0.25, 0.3) is 0 Å². The normalized spacial score (nSPS) is 15.0. The van der Waals surface area contributed by atoms with Crippen LogP contribution in [0.2, 0.25) is 5.02 Å². The van der Waals surface area contributed by atoms with Crippen LogP contribution in [0.5, 0.6) is 0 Å². The molecule has 1 aromatic carbocycles. The van der Waals surface area contributed by atoms with Crippen molar-refractivity contribution in [1.29, 1.82) is 0 Å². The number of nitrogens with two attached hydrogens (primary N) is 1. The Morgan fingerprint density at radius 2 is 2.18 bits per heavy atom. The van der Waals surface area contributed by atoms with E-state index in [0.717, 1.165) is 23.2 Å². The highest BCUT2D eigenvalue weighted by Crippen LogP contribution is 2.33. The molecular weight excluding hydrogens is 232 g/mol. The van der Waals surface area contributed by atoms with E-state index in [-0.39, 0.29) is 0 Å². The Balaban J connectivity index is 2.14. The van der Waals surface area contributed by atoms with Gasteiger partial charge in [-0.25, -0.2) is 0 Å². The Morgan fingerprint density at radius 3 is 2.71 bits per heavy atom. The smallest absolute Gasteiger partial charge is 0.0471 e. The summed E-state index contributed by atoms with van der Waals surface area (Å²) in [6.45, 7) is 3.88. The molecule has 0 spiro atoms. The zero-order chi connectivity index (χ0) is 12.3. The van der Waals surface area contributed by atoms with Gasteiger partial charge in [-0.15, -0.1) is 0 Å². The molecule has 17 heavy (non-hydrogen) atoms. The standard InChI is InChI=1S/C14H21ClN2/c1-2-3-8-17(12-6-7-12)13-5-4-11(10-16)14(15)9-13/h4-5,9,12H,2-3,6-8,10,16H2,1H3. The highest BCUT2D eigenvalue weighted by molar-refractivity contribution is 6.31. The third-order valence-corrected chi connectivity index (χ3v) is 3.68. The summed E-state index contributed by atoms with van der Waals surface area (Å²) in [5.74, 6) is 0. The zero-order valence-electron chi connectivity index (χ0n) is 10.5. The fraction of sp³-hybridized carbons (Fsp3) is 0.571. The van der Waals surface area contributed by atoms with Crippen LogP contribution in [-0.4, -0.2) is 12.6 Å². The van der Waals surface area contributed by atoms with Crippen molar-refractivity contribution in [3.05, 3.63) is 28.8 Å². The molecule has 0 unspecified atom stereocenters. The minimum atomic E-state index is 0.511. The summed E-state index contributed by atoms with van der Waals surface area (Å²) in [5, 5.41) is 0.798. The number of nitrogens with zero attached hydrogens (tertiary/aromatic N) is 1. The first kappa shape index (κ1) is 12.7. The second kappa shape index (κ2) is 5.74. The van der Waals surface area contributed by atoms with E-state index in [9.17, 15) is 0 Å². The quantitative estimate of drug-likeness (QED) is 0.839. The summed E-state index contributed by atoms with van der Waals surface area (Å²) in [7, 11) is 0. The van der Waals surface area contributed by atoms with E-state index in [1.165, 1.54) is 31.4 Å². The number of hydrogen-bond acceptors (Lipinski definition) is 2. The number of halogens is 1. The van der Waals surface area contributed by atoms with Crippen molar-refractivity contribution in [2.24, 2.45) is 5.73 Å². The van der Waals surface area contributed by atoms with Gasteiger partial charge >= 0.3 is 0 Å². The van der Waals surface area contributed by atoms with Crippen molar-refractivity contribution < 1.29 is 0 Å². The van der Waals surface area contributed by atoms with Gasteiger partial charge in [0.15, 0.2) is 0 Å². The Labute approximate surface area is 109 Å². The highest BCUT2D eigenvalue weighted by atomic mass is 35.5. The van der Waals surface area contributed by atoms with Crippen molar-refractivity contribution in [2.45, 2.75) is 45.2 Å². The van der Waals surface area contributed by atoms with E-state index in [1.807, 2.05) is 0 Å². The van der Waals surface area contributed by atoms with Crippen molar-refractivity contribution >= 4 is 17.3 Å². The molecule has 0 atom stereocenters. The Bertz CT molecular complexity index is 374. The molecule has 2 nitrogen and oxygen atoms in total. The maximum absolute atomic E-state index is 6.23. The van der Waals surface area contributed by atoms with Gasteiger partial charge in [-0.1, -0.05) is 31.0 Å². The van der Waals surface area contributed by atoms with E-state index in [2.05, 4.69) is 30.0 Å². The summed E-state index contributed by atoms with van der Waals surface area (Å²) in [6, 6.07) is 7.01. The Kier molecular flexibility index (Phi) is 4.30. The van der Waals surface area contributed by atoms with Gasteiger partial charge in [-0.3, -0.25) is 0 Å². The number of rotatable bonds is 6. The van der Waals surface area contributed by atoms with Crippen LogP contribution in [0.3, 0.4) is 0 Å².